The fourth-order valence-electron chi connectivity index (χ4n) is 2.48. The number of sulfone groups is 1. The second-order valence-electron chi connectivity index (χ2n) is 5.61. The van der Waals surface area contributed by atoms with Gasteiger partial charge >= 0.3 is 5.97 Å². The van der Waals surface area contributed by atoms with Gasteiger partial charge in [-0.15, -0.1) is 0 Å². The van der Waals surface area contributed by atoms with E-state index in [9.17, 15) is 13.2 Å². The quantitative estimate of drug-likeness (QED) is 0.609. The maximum atomic E-state index is 12.9. The van der Waals surface area contributed by atoms with E-state index in [1.165, 1.54) is 13.0 Å². The van der Waals surface area contributed by atoms with Gasteiger partial charge in [-0.25, -0.2) is 8.42 Å². The summed E-state index contributed by atoms with van der Waals surface area (Å²) < 4.78 is 37.2. The molecule has 126 valence electrons. The zero-order chi connectivity index (χ0) is 17.5. The lowest BCUT2D eigenvalue weighted by Gasteiger charge is -2.22. The van der Waals surface area contributed by atoms with E-state index in [1.807, 2.05) is 6.92 Å². The molecule has 7 heteroatoms. The van der Waals surface area contributed by atoms with Crippen LogP contribution in [0.4, 0.5) is 0 Å². The Hall–Kier alpha value is -1.86. The molecule has 0 spiro atoms. The van der Waals surface area contributed by atoms with E-state index < -0.39 is 9.84 Å². The highest BCUT2D eigenvalue weighted by Crippen LogP contribution is 2.44. The van der Waals surface area contributed by atoms with Crippen molar-refractivity contribution in [2.24, 2.45) is 0 Å². The number of halogens is 1. The van der Waals surface area contributed by atoms with Crippen molar-refractivity contribution in [2.75, 3.05) is 6.61 Å². The average molecular weight is 411 g/mol. The van der Waals surface area contributed by atoms with Gasteiger partial charge in [0.05, 0.1) is 6.61 Å². The highest BCUT2D eigenvalue weighted by atomic mass is 79.9. The first kappa shape index (κ1) is 17.0. The second kappa shape index (κ2) is 6.22. The van der Waals surface area contributed by atoms with Crippen molar-refractivity contribution in [3.8, 4) is 11.5 Å². The van der Waals surface area contributed by atoms with Crippen molar-refractivity contribution in [3.05, 3.63) is 46.4 Å². The Morgan fingerprint density at radius 3 is 2.46 bits per heavy atom. The normalized spacial score (nSPS) is 15.6. The molecule has 0 saturated carbocycles. The lowest BCUT2D eigenvalue weighted by molar-refractivity contribution is -0.141. The first-order chi connectivity index (χ1) is 11.3. The summed E-state index contributed by atoms with van der Waals surface area (Å²) in [6.07, 6.45) is 0. The van der Waals surface area contributed by atoms with Crippen LogP contribution in [-0.2, 0) is 19.4 Å². The molecule has 1 heterocycles. The first-order valence-corrected chi connectivity index (χ1v) is 9.56. The van der Waals surface area contributed by atoms with Gasteiger partial charge in [-0.3, -0.25) is 4.79 Å². The summed E-state index contributed by atoms with van der Waals surface area (Å²) in [6.45, 7) is 3.40. The molecule has 0 radical (unpaired) electrons. The van der Waals surface area contributed by atoms with Crippen LogP contribution in [0.2, 0.25) is 0 Å². The Bertz CT molecular complexity index is 921. The molecule has 1 unspecified atom stereocenters. The average Bonchev–Trinajstić information content (AvgIpc) is 2.53. The number of fused-ring (bicyclic) bond motifs is 2. The Morgan fingerprint density at radius 1 is 1.17 bits per heavy atom. The molecule has 0 bridgehead atoms. The molecule has 0 aliphatic carbocycles. The topological polar surface area (TPSA) is 69.7 Å². The zero-order valence-corrected chi connectivity index (χ0v) is 15.5. The fraction of sp³-hybridized carbons (Fsp3) is 0.235. The summed E-state index contributed by atoms with van der Waals surface area (Å²) in [4.78, 5) is 11.2. The Morgan fingerprint density at radius 2 is 1.79 bits per heavy atom. The lowest BCUT2D eigenvalue weighted by Crippen LogP contribution is -2.13. The van der Waals surface area contributed by atoms with Gasteiger partial charge in [0, 0.05) is 17.3 Å². The van der Waals surface area contributed by atoms with Crippen LogP contribution in [0.3, 0.4) is 0 Å². The van der Waals surface area contributed by atoms with Crippen LogP contribution < -0.4 is 4.74 Å². The largest absolute Gasteiger partial charge is 0.465 e. The maximum absolute atomic E-state index is 12.9. The molecular formula is C17H15BrO5S. The number of ether oxygens (including phenoxy) is 2. The van der Waals surface area contributed by atoms with Gasteiger partial charge in [0.2, 0.25) is 9.84 Å². The standard InChI is InChI=1S/C17H15BrO5S/c1-10(9-22-11(2)19)12-3-5-14-16(7-12)24(20,21)17-8-13(18)4-6-15(17)23-14/h3-8,10H,9H2,1-2H3. The minimum atomic E-state index is -3.67. The lowest BCUT2D eigenvalue weighted by atomic mass is 10.0. The van der Waals surface area contributed by atoms with Gasteiger partial charge < -0.3 is 9.47 Å². The predicted octanol–water partition coefficient (Wildman–Crippen LogP) is 4.05. The van der Waals surface area contributed by atoms with E-state index in [0.717, 1.165) is 5.56 Å². The van der Waals surface area contributed by atoms with E-state index in [1.54, 1.807) is 30.3 Å². The number of benzene rings is 2. The minimum Gasteiger partial charge on any atom is -0.465 e. The Labute approximate surface area is 148 Å². The molecular weight excluding hydrogens is 396 g/mol. The van der Waals surface area contributed by atoms with E-state index in [2.05, 4.69) is 15.9 Å². The zero-order valence-electron chi connectivity index (χ0n) is 13.1. The first-order valence-electron chi connectivity index (χ1n) is 7.29. The van der Waals surface area contributed by atoms with Crippen molar-refractivity contribution >= 4 is 31.7 Å². The summed E-state index contributed by atoms with van der Waals surface area (Å²) in [6, 6.07) is 9.89. The highest BCUT2D eigenvalue weighted by Gasteiger charge is 2.32. The number of hydrogen-bond donors (Lipinski definition) is 0. The van der Waals surface area contributed by atoms with E-state index in [0.29, 0.717) is 16.0 Å². The molecule has 0 amide bonds. The van der Waals surface area contributed by atoms with Crippen molar-refractivity contribution in [1.82, 2.24) is 0 Å². The number of carbonyl (C=O) groups excluding carboxylic acids is 1. The molecule has 2 aromatic carbocycles. The van der Waals surface area contributed by atoms with Gasteiger partial charge in [0.25, 0.3) is 0 Å². The predicted molar refractivity (Wildman–Crippen MR) is 91.2 cm³/mol. The summed E-state index contributed by atoms with van der Waals surface area (Å²) >= 11 is 3.29. The summed E-state index contributed by atoms with van der Waals surface area (Å²) in [5.74, 6) is 0.118. The molecule has 1 aliphatic heterocycles. The third-order valence-corrected chi connectivity index (χ3v) is 6.07. The summed E-state index contributed by atoms with van der Waals surface area (Å²) in [5, 5.41) is 0. The molecule has 0 N–H and O–H groups in total. The minimum absolute atomic E-state index is 0.125. The van der Waals surface area contributed by atoms with E-state index in [-0.39, 0.29) is 28.3 Å². The molecule has 0 saturated heterocycles. The van der Waals surface area contributed by atoms with Gasteiger partial charge in [0.15, 0.2) is 0 Å². The van der Waals surface area contributed by atoms with Crippen LogP contribution >= 0.6 is 15.9 Å². The molecule has 0 fully saturated rings. The molecule has 5 nitrogen and oxygen atoms in total. The van der Waals surface area contributed by atoms with Gasteiger partial charge in [-0.05, 0) is 35.9 Å². The number of carbonyl (C=O) groups is 1. The molecule has 1 atom stereocenters. The number of esters is 1. The van der Waals surface area contributed by atoms with Crippen molar-refractivity contribution < 1.29 is 22.7 Å². The second-order valence-corrected chi connectivity index (χ2v) is 8.41. The smallest absolute Gasteiger partial charge is 0.302 e. The highest BCUT2D eigenvalue weighted by molar-refractivity contribution is 9.10. The van der Waals surface area contributed by atoms with Gasteiger partial charge in [-0.1, -0.05) is 28.9 Å². The molecule has 3 rings (SSSR count). The molecule has 24 heavy (non-hydrogen) atoms. The number of hydrogen-bond acceptors (Lipinski definition) is 5. The van der Waals surface area contributed by atoms with Crippen LogP contribution in [0.5, 0.6) is 11.5 Å². The van der Waals surface area contributed by atoms with Crippen molar-refractivity contribution in [2.45, 2.75) is 29.6 Å². The summed E-state index contributed by atoms with van der Waals surface area (Å²) in [5.41, 5.74) is 0.764. The Kier molecular flexibility index (Phi) is 4.40. The van der Waals surface area contributed by atoms with Crippen molar-refractivity contribution in [3.63, 3.8) is 0 Å². The van der Waals surface area contributed by atoms with Gasteiger partial charge in [0.1, 0.15) is 21.3 Å². The third-order valence-electron chi connectivity index (χ3n) is 3.78. The molecule has 1 aliphatic rings. The number of rotatable bonds is 3. The van der Waals surface area contributed by atoms with E-state index >= 15 is 0 Å². The van der Waals surface area contributed by atoms with Crippen LogP contribution in [-0.4, -0.2) is 21.0 Å². The maximum Gasteiger partial charge on any atom is 0.302 e. The van der Waals surface area contributed by atoms with E-state index in [4.69, 9.17) is 9.47 Å². The SMILES string of the molecule is CC(=O)OCC(C)c1ccc2c(c1)S(=O)(=O)c1cc(Br)ccc1O2. The van der Waals surface area contributed by atoms with Crippen molar-refractivity contribution in [1.29, 1.82) is 0 Å². The van der Waals surface area contributed by atoms with Gasteiger partial charge in [-0.2, -0.15) is 0 Å². The van der Waals surface area contributed by atoms with Crippen LogP contribution in [0, 0.1) is 0 Å². The monoisotopic (exact) mass is 410 g/mol. The van der Waals surface area contributed by atoms with Crippen LogP contribution in [0.1, 0.15) is 25.3 Å². The summed E-state index contributed by atoms with van der Waals surface area (Å²) in [7, 11) is -3.67. The third kappa shape index (κ3) is 3.06. The molecule has 2 aromatic rings. The van der Waals surface area contributed by atoms with Crippen LogP contribution in [0.25, 0.3) is 0 Å². The van der Waals surface area contributed by atoms with Crippen LogP contribution in [0.15, 0.2) is 50.7 Å². The molecule has 0 aromatic heterocycles. The fourth-order valence-corrected chi connectivity index (χ4v) is 4.55. The Balaban J connectivity index is 2.02.